The molecule has 8 nitrogen and oxygen atoms in total. The van der Waals surface area contributed by atoms with Gasteiger partial charge in [0.15, 0.2) is 0 Å². The highest BCUT2D eigenvalue weighted by molar-refractivity contribution is 7.47. The van der Waals surface area contributed by atoms with Gasteiger partial charge in [0.2, 0.25) is 0 Å². The number of hydrogen-bond donors (Lipinski definition) is 2. The Balaban J connectivity index is 3.94. The lowest BCUT2D eigenvalue weighted by molar-refractivity contribution is -0.154. The molecule has 358 valence electrons. The number of phosphoric acid groups is 1. The van der Waals surface area contributed by atoms with Crippen LogP contribution >= 0.6 is 7.82 Å². The van der Waals surface area contributed by atoms with Gasteiger partial charge in [0.05, 0.1) is 19.8 Å². The van der Waals surface area contributed by atoms with Gasteiger partial charge in [-0.05, 0) is 51.4 Å². The smallest absolute Gasteiger partial charge is 0.457 e. The van der Waals surface area contributed by atoms with Crippen molar-refractivity contribution in [3.05, 3.63) is 48.6 Å². The van der Waals surface area contributed by atoms with Crippen molar-refractivity contribution in [3.8, 4) is 0 Å². The van der Waals surface area contributed by atoms with Crippen molar-refractivity contribution in [2.45, 2.75) is 245 Å². The molecule has 3 N–H and O–H groups in total. The van der Waals surface area contributed by atoms with E-state index >= 15 is 0 Å². The largest absolute Gasteiger partial charge is 0.472 e. The third-order valence-corrected chi connectivity index (χ3v) is 12.0. The van der Waals surface area contributed by atoms with Crippen LogP contribution in [-0.2, 0) is 27.9 Å². The van der Waals surface area contributed by atoms with Crippen molar-refractivity contribution in [2.24, 2.45) is 5.73 Å². The standard InChI is InChI=1S/C52H98NO7P/c1-3-5-7-9-11-13-15-17-19-21-23-25-26-27-29-31-33-35-37-39-41-43-45-52(54)60-51(50-59-61(55,56)58-48-46-53)49-57-47-44-42-40-38-36-34-32-30-28-24-22-20-18-16-14-12-10-8-6-4-2/h6,8,12,14,18,20,24,28,51H,3-5,7,9-11,13,15-17,19,21-23,25-27,29-50,53H2,1-2H3,(H,55,56)/b8-6-,14-12-,20-18-,28-24-. The summed E-state index contributed by atoms with van der Waals surface area (Å²) in [6.07, 6.45) is 60.0. The normalized spacial score (nSPS) is 13.7. The van der Waals surface area contributed by atoms with E-state index in [1.54, 1.807) is 0 Å². The molecule has 0 fully saturated rings. The van der Waals surface area contributed by atoms with E-state index in [-0.39, 0.29) is 32.3 Å². The molecule has 0 aromatic rings. The first-order chi connectivity index (χ1) is 29.9. The van der Waals surface area contributed by atoms with E-state index in [0.717, 1.165) is 64.2 Å². The van der Waals surface area contributed by atoms with Crippen molar-refractivity contribution < 1.29 is 32.8 Å². The zero-order valence-corrected chi connectivity index (χ0v) is 40.8. The van der Waals surface area contributed by atoms with Gasteiger partial charge in [-0.3, -0.25) is 13.8 Å². The van der Waals surface area contributed by atoms with E-state index in [4.69, 9.17) is 24.3 Å². The molecule has 0 bridgehead atoms. The predicted molar refractivity (Wildman–Crippen MR) is 261 cm³/mol. The molecule has 2 atom stereocenters. The third kappa shape index (κ3) is 49.3. The van der Waals surface area contributed by atoms with E-state index in [1.807, 2.05) is 0 Å². The first-order valence-corrected chi connectivity index (χ1v) is 27.1. The molecule has 0 heterocycles. The second-order valence-corrected chi connectivity index (χ2v) is 18.5. The molecule has 0 aliphatic rings. The van der Waals surface area contributed by atoms with Gasteiger partial charge in [0.1, 0.15) is 6.10 Å². The Kier molecular flexibility index (Phi) is 48.2. The molecule has 0 aliphatic carbocycles. The number of esters is 1. The second kappa shape index (κ2) is 49.5. The fourth-order valence-corrected chi connectivity index (χ4v) is 8.05. The Labute approximate surface area is 377 Å². The minimum atomic E-state index is -4.29. The van der Waals surface area contributed by atoms with E-state index in [9.17, 15) is 14.3 Å². The number of ether oxygens (including phenoxy) is 2. The molecule has 0 aliphatic heterocycles. The van der Waals surface area contributed by atoms with Gasteiger partial charge in [-0.1, -0.05) is 229 Å². The average Bonchev–Trinajstić information content (AvgIpc) is 3.25. The summed E-state index contributed by atoms with van der Waals surface area (Å²) in [7, 11) is -4.29. The summed E-state index contributed by atoms with van der Waals surface area (Å²) in [5.41, 5.74) is 5.39. The zero-order chi connectivity index (χ0) is 44.4. The molecule has 0 aromatic carbocycles. The number of unbranched alkanes of at least 4 members (excludes halogenated alkanes) is 28. The molecule has 0 radical (unpaired) electrons. The Bertz CT molecular complexity index is 1080. The molecule has 9 heteroatoms. The van der Waals surface area contributed by atoms with E-state index in [2.05, 4.69) is 62.5 Å². The van der Waals surface area contributed by atoms with Gasteiger partial charge in [-0.25, -0.2) is 4.57 Å². The summed E-state index contributed by atoms with van der Waals surface area (Å²) in [5.74, 6) is -0.331. The van der Waals surface area contributed by atoms with Crippen molar-refractivity contribution in [1.82, 2.24) is 0 Å². The number of hydrogen-bond acceptors (Lipinski definition) is 7. The van der Waals surface area contributed by atoms with Crippen LogP contribution in [-0.4, -0.2) is 49.9 Å². The lowest BCUT2D eigenvalue weighted by atomic mass is 10.0. The molecule has 61 heavy (non-hydrogen) atoms. The number of phosphoric ester groups is 1. The van der Waals surface area contributed by atoms with Crippen LogP contribution in [0.3, 0.4) is 0 Å². The van der Waals surface area contributed by atoms with Crippen LogP contribution in [0.2, 0.25) is 0 Å². The van der Waals surface area contributed by atoms with Gasteiger partial charge < -0.3 is 20.1 Å². The van der Waals surface area contributed by atoms with Crippen LogP contribution in [0, 0.1) is 0 Å². The first kappa shape index (κ1) is 59.5. The maximum Gasteiger partial charge on any atom is 0.472 e. The fourth-order valence-electron chi connectivity index (χ4n) is 7.28. The van der Waals surface area contributed by atoms with Gasteiger partial charge in [0.25, 0.3) is 0 Å². The molecule has 0 saturated heterocycles. The Morgan fingerprint density at radius 1 is 0.508 bits per heavy atom. The quantitative estimate of drug-likeness (QED) is 0.0269. The van der Waals surface area contributed by atoms with Crippen molar-refractivity contribution in [1.29, 1.82) is 0 Å². The van der Waals surface area contributed by atoms with Crippen LogP contribution in [0.5, 0.6) is 0 Å². The van der Waals surface area contributed by atoms with Crippen LogP contribution in [0.1, 0.15) is 239 Å². The summed E-state index contributed by atoms with van der Waals surface area (Å²) in [4.78, 5) is 22.6. The monoisotopic (exact) mass is 880 g/mol. The summed E-state index contributed by atoms with van der Waals surface area (Å²) in [6.45, 7) is 4.82. The number of carbonyl (C=O) groups is 1. The summed E-state index contributed by atoms with van der Waals surface area (Å²) >= 11 is 0. The van der Waals surface area contributed by atoms with Crippen LogP contribution in [0.15, 0.2) is 48.6 Å². The van der Waals surface area contributed by atoms with Crippen LogP contribution < -0.4 is 5.73 Å². The number of allylic oxidation sites excluding steroid dienone is 8. The summed E-state index contributed by atoms with van der Waals surface area (Å²) < 4.78 is 33.6. The first-order valence-electron chi connectivity index (χ1n) is 25.6. The van der Waals surface area contributed by atoms with Crippen LogP contribution in [0.4, 0.5) is 0 Å². The van der Waals surface area contributed by atoms with Crippen molar-refractivity contribution in [2.75, 3.05) is 33.0 Å². The fraction of sp³-hybridized carbons (Fsp3) is 0.827. The summed E-state index contributed by atoms with van der Waals surface area (Å²) in [5, 5.41) is 0. The van der Waals surface area contributed by atoms with Gasteiger partial charge >= 0.3 is 13.8 Å². The average molecular weight is 880 g/mol. The van der Waals surface area contributed by atoms with E-state index in [1.165, 1.54) is 154 Å². The highest BCUT2D eigenvalue weighted by Crippen LogP contribution is 2.43. The van der Waals surface area contributed by atoms with E-state index in [0.29, 0.717) is 13.0 Å². The second-order valence-electron chi connectivity index (χ2n) is 17.0. The minimum Gasteiger partial charge on any atom is -0.457 e. The lowest BCUT2D eigenvalue weighted by Crippen LogP contribution is -2.28. The van der Waals surface area contributed by atoms with Gasteiger partial charge in [-0.15, -0.1) is 0 Å². The Hall–Kier alpha value is -1.54. The van der Waals surface area contributed by atoms with Gasteiger partial charge in [-0.2, -0.15) is 0 Å². The molecule has 0 saturated carbocycles. The molecular weight excluding hydrogens is 782 g/mol. The SMILES string of the molecule is CC/C=C\C/C=C\C/C=C\C/C=C\CCCCCCCCCOCC(COP(=O)(O)OCCN)OC(=O)CCCCCCCCCCCCCCCCCCCCCCCC. The van der Waals surface area contributed by atoms with E-state index < -0.39 is 13.9 Å². The topological polar surface area (TPSA) is 117 Å². The summed E-state index contributed by atoms with van der Waals surface area (Å²) in [6, 6.07) is 0. The molecule has 0 amide bonds. The molecule has 2 unspecified atom stereocenters. The number of nitrogens with two attached hydrogens (primary N) is 1. The highest BCUT2D eigenvalue weighted by Gasteiger charge is 2.25. The third-order valence-electron chi connectivity index (χ3n) is 11.0. The number of rotatable bonds is 49. The van der Waals surface area contributed by atoms with Crippen molar-refractivity contribution in [3.63, 3.8) is 0 Å². The molecule has 0 rings (SSSR count). The Morgan fingerprint density at radius 3 is 1.38 bits per heavy atom. The minimum absolute atomic E-state index is 0.0977. The molecular formula is C52H98NO7P. The molecule has 0 aromatic heterocycles. The Morgan fingerprint density at radius 2 is 0.918 bits per heavy atom. The van der Waals surface area contributed by atoms with Crippen LogP contribution in [0.25, 0.3) is 0 Å². The van der Waals surface area contributed by atoms with Crippen molar-refractivity contribution >= 4 is 13.8 Å². The predicted octanol–water partition coefficient (Wildman–Crippen LogP) is 15.9. The maximum absolute atomic E-state index is 12.7. The highest BCUT2D eigenvalue weighted by atomic mass is 31.2. The van der Waals surface area contributed by atoms with Gasteiger partial charge in [0, 0.05) is 19.6 Å². The lowest BCUT2D eigenvalue weighted by Gasteiger charge is -2.20. The number of carbonyl (C=O) groups excluding carboxylic acids is 1. The zero-order valence-electron chi connectivity index (χ0n) is 39.9. The molecule has 0 spiro atoms. The maximum atomic E-state index is 12.7.